The number of hydrogen-bond donors (Lipinski definition) is 2. The second-order valence-corrected chi connectivity index (χ2v) is 4.76. The van der Waals surface area contributed by atoms with E-state index < -0.39 is 5.97 Å². The number of hydrogen-bond acceptors (Lipinski definition) is 2. The molecule has 1 aromatic rings. The molecule has 0 saturated heterocycles. The lowest BCUT2D eigenvalue weighted by Gasteiger charge is -2.14. The van der Waals surface area contributed by atoms with Crippen molar-refractivity contribution >= 4 is 5.97 Å². The molecular formula is C14H21NO2. The topological polar surface area (TPSA) is 63.3 Å². The monoisotopic (exact) mass is 235 g/mol. The fourth-order valence-corrected chi connectivity index (χ4v) is 1.93. The maximum Gasteiger partial charge on any atom is 0.303 e. The molecule has 0 bridgehead atoms. The Morgan fingerprint density at radius 1 is 1.24 bits per heavy atom. The summed E-state index contributed by atoms with van der Waals surface area (Å²) >= 11 is 0. The van der Waals surface area contributed by atoms with Crippen molar-refractivity contribution in [3.63, 3.8) is 0 Å². The molecular weight excluding hydrogens is 214 g/mol. The molecule has 0 aliphatic heterocycles. The predicted octanol–water partition coefficient (Wildman–Crippen LogP) is 2.35. The third-order valence-electron chi connectivity index (χ3n) is 3.16. The van der Waals surface area contributed by atoms with Gasteiger partial charge in [-0.2, -0.15) is 0 Å². The van der Waals surface area contributed by atoms with Gasteiger partial charge in [-0.05, 0) is 55.9 Å². The van der Waals surface area contributed by atoms with E-state index in [0.717, 1.165) is 6.42 Å². The Bertz CT molecular complexity index is 413. The second-order valence-electron chi connectivity index (χ2n) is 4.76. The van der Waals surface area contributed by atoms with Crippen molar-refractivity contribution in [2.75, 3.05) is 0 Å². The van der Waals surface area contributed by atoms with Crippen molar-refractivity contribution in [3.8, 4) is 0 Å². The highest BCUT2D eigenvalue weighted by atomic mass is 16.4. The fraction of sp³-hybridized carbons (Fsp3) is 0.500. The van der Waals surface area contributed by atoms with Crippen LogP contribution in [0.3, 0.4) is 0 Å². The van der Waals surface area contributed by atoms with E-state index in [2.05, 4.69) is 32.9 Å². The average Bonchev–Trinajstić information content (AvgIpc) is 2.23. The Morgan fingerprint density at radius 2 is 1.82 bits per heavy atom. The first-order valence-electron chi connectivity index (χ1n) is 5.94. The lowest BCUT2D eigenvalue weighted by molar-refractivity contribution is -0.137. The van der Waals surface area contributed by atoms with Gasteiger partial charge in [0.05, 0.1) is 0 Å². The van der Waals surface area contributed by atoms with Crippen LogP contribution in [0.2, 0.25) is 0 Å². The summed E-state index contributed by atoms with van der Waals surface area (Å²) in [5, 5.41) is 8.61. The zero-order valence-corrected chi connectivity index (χ0v) is 10.8. The molecule has 0 aliphatic rings. The minimum Gasteiger partial charge on any atom is -0.481 e. The van der Waals surface area contributed by atoms with Crippen LogP contribution in [0.1, 0.15) is 35.1 Å². The molecule has 0 saturated carbocycles. The highest BCUT2D eigenvalue weighted by molar-refractivity contribution is 5.66. The van der Waals surface area contributed by atoms with Crippen LogP contribution in [-0.4, -0.2) is 17.1 Å². The van der Waals surface area contributed by atoms with E-state index in [1.807, 2.05) is 0 Å². The highest BCUT2D eigenvalue weighted by Gasteiger charge is 2.09. The average molecular weight is 235 g/mol. The van der Waals surface area contributed by atoms with Gasteiger partial charge in [0.25, 0.3) is 0 Å². The SMILES string of the molecule is Cc1cc(C)c(CC(N)CCC(=O)O)cc1C. The van der Waals surface area contributed by atoms with Crippen LogP contribution < -0.4 is 5.73 Å². The zero-order chi connectivity index (χ0) is 13.0. The Balaban J connectivity index is 2.68. The van der Waals surface area contributed by atoms with Gasteiger partial charge in [0.1, 0.15) is 0 Å². The van der Waals surface area contributed by atoms with E-state index in [1.54, 1.807) is 0 Å². The molecule has 17 heavy (non-hydrogen) atoms. The third kappa shape index (κ3) is 4.19. The summed E-state index contributed by atoms with van der Waals surface area (Å²) in [6, 6.07) is 4.24. The van der Waals surface area contributed by atoms with Crippen LogP contribution >= 0.6 is 0 Å². The van der Waals surface area contributed by atoms with Crippen molar-refractivity contribution in [2.45, 2.75) is 46.1 Å². The first-order chi connectivity index (χ1) is 7.90. The van der Waals surface area contributed by atoms with E-state index in [1.165, 1.54) is 22.3 Å². The quantitative estimate of drug-likeness (QED) is 0.823. The Kier molecular flexibility index (Phi) is 4.70. The number of carbonyl (C=O) groups is 1. The summed E-state index contributed by atoms with van der Waals surface area (Å²) in [6.07, 6.45) is 1.42. The summed E-state index contributed by atoms with van der Waals surface area (Å²) in [6.45, 7) is 6.25. The molecule has 94 valence electrons. The molecule has 0 radical (unpaired) electrons. The summed E-state index contributed by atoms with van der Waals surface area (Å²) < 4.78 is 0. The molecule has 0 aromatic heterocycles. The number of carboxylic acid groups (broad SMARTS) is 1. The van der Waals surface area contributed by atoms with E-state index in [-0.39, 0.29) is 12.5 Å². The highest BCUT2D eigenvalue weighted by Crippen LogP contribution is 2.17. The van der Waals surface area contributed by atoms with Gasteiger partial charge in [0.2, 0.25) is 0 Å². The van der Waals surface area contributed by atoms with Crippen molar-refractivity contribution in [3.05, 3.63) is 34.4 Å². The number of benzene rings is 1. The molecule has 1 rings (SSSR count). The first kappa shape index (κ1) is 13.7. The summed E-state index contributed by atoms with van der Waals surface area (Å²) in [5.41, 5.74) is 11.0. The predicted molar refractivity (Wildman–Crippen MR) is 69.2 cm³/mol. The molecule has 0 spiro atoms. The fourth-order valence-electron chi connectivity index (χ4n) is 1.93. The molecule has 0 fully saturated rings. The molecule has 0 amide bonds. The van der Waals surface area contributed by atoms with Gasteiger partial charge in [0, 0.05) is 12.5 Å². The van der Waals surface area contributed by atoms with E-state index in [0.29, 0.717) is 6.42 Å². The second kappa shape index (κ2) is 5.82. The molecule has 0 heterocycles. The first-order valence-corrected chi connectivity index (χ1v) is 5.94. The third-order valence-corrected chi connectivity index (χ3v) is 3.16. The Morgan fingerprint density at radius 3 is 2.41 bits per heavy atom. The minimum atomic E-state index is -0.780. The van der Waals surface area contributed by atoms with Crippen LogP contribution in [0, 0.1) is 20.8 Å². The van der Waals surface area contributed by atoms with Gasteiger partial charge >= 0.3 is 5.97 Å². The number of aryl methyl sites for hydroxylation is 3. The molecule has 1 unspecified atom stereocenters. The van der Waals surface area contributed by atoms with Gasteiger partial charge in [-0.25, -0.2) is 0 Å². The maximum atomic E-state index is 10.5. The number of aliphatic carboxylic acids is 1. The van der Waals surface area contributed by atoms with Crippen LogP contribution in [-0.2, 0) is 11.2 Å². The van der Waals surface area contributed by atoms with Gasteiger partial charge in [-0.1, -0.05) is 12.1 Å². The standard InChI is InChI=1S/C14H21NO2/c1-9-6-11(3)12(7-10(9)2)8-13(15)4-5-14(16)17/h6-7,13H,4-5,8,15H2,1-3H3,(H,16,17). The molecule has 3 nitrogen and oxygen atoms in total. The summed E-state index contributed by atoms with van der Waals surface area (Å²) in [5.74, 6) is -0.780. The van der Waals surface area contributed by atoms with E-state index >= 15 is 0 Å². The molecule has 1 aromatic carbocycles. The van der Waals surface area contributed by atoms with E-state index in [9.17, 15) is 4.79 Å². The van der Waals surface area contributed by atoms with Crippen molar-refractivity contribution in [1.29, 1.82) is 0 Å². The van der Waals surface area contributed by atoms with Crippen LogP contribution in [0.5, 0.6) is 0 Å². The molecule has 0 aliphatic carbocycles. The molecule has 1 atom stereocenters. The van der Waals surface area contributed by atoms with Crippen molar-refractivity contribution in [1.82, 2.24) is 0 Å². The zero-order valence-electron chi connectivity index (χ0n) is 10.8. The largest absolute Gasteiger partial charge is 0.481 e. The van der Waals surface area contributed by atoms with Gasteiger partial charge in [-0.3, -0.25) is 4.79 Å². The van der Waals surface area contributed by atoms with Crippen molar-refractivity contribution in [2.24, 2.45) is 5.73 Å². The Labute approximate surface area is 103 Å². The summed E-state index contributed by atoms with van der Waals surface area (Å²) in [4.78, 5) is 10.5. The Hall–Kier alpha value is -1.35. The summed E-state index contributed by atoms with van der Waals surface area (Å²) in [7, 11) is 0. The number of carboxylic acids is 1. The molecule has 3 heteroatoms. The van der Waals surface area contributed by atoms with Gasteiger partial charge in [-0.15, -0.1) is 0 Å². The van der Waals surface area contributed by atoms with Crippen LogP contribution in [0.15, 0.2) is 12.1 Å². The lowest BCUT2D eigenvalue weighted by atomic mass is 9.95. The number of rotatable bonds is 5. The lowest BCUT2D eigenvalue weighted by Crippen LogP contribution is -2.24. The maximum absolute atomic E-state index is 10.5. The normalized spacial score (nSPS) is 12.5. The van der Waals surface area contributed by atoms with Crippen LogP contribution in [0.4, 0.5) is 0 Å². The molecule has 3 N–H and O–H groups in total. The smallest absolute Gasteiger partial charge is 0.303 e. The van der Waals surface area contributed by atoms with Gasteiger partial charge in [0.15, 0.2) is 0 Å². The minimum absolute atomic E-state index is 0.0769. The van der Waals surface area contributed by atoms with Crippen LogP contribution in [0.25, 0.3) is 0 Å². The van der Waals surface area contributed by atoms with E-state index in [4.69, 9.17) is 10.8 Å². The number of nitrogens with two attached hydrogens (primary N) is 1. The van der Waals surface area contributed by atoms with Gasteiger partial charge < -0.3 is 10.8 Å². The van der Waals surface area contributed by atoms with Crippen molar-refractivity contribution < 1.29 is 9.90 Å².